The molecule has 78 heavy (non-hydrogen) atoms. The predicted octanol–water partition coefficient (Wildman–Crippen LogP) is -3.65. The number of likely N-dealkylation sites (tertiary alicyclic amines) is 1. The number of hydrogen-bond donors (Lipinski definition) is 14. The SMILES string of the molecule is CC[C@H](C)[C@H](NC(=O)CN)C(=O)NCC(=O)N[C@H]1C[S+]([O-])c2[nH]c3c(CSC4CCN(C(=O)OC(C)(C)C)C4)c(OC)ccc3c2C[C@@H](CO)NC(=O)[C@H]([C@@H](C)[C@@H](O)CO)NC(=O)C[C@@H](O)CNC(=O)[C@H](CC(N)=O)NC1=O. The number of thioether (sulfide) groups is 1. The Morgan fingerprint density at radius 1 is 1.01 bits per heavy atom. The molecule has 0 spiro atoms. The summed E-state index contributed by atoms with van der Waals surface area (Å²) in [6.07, 6.45) is -4.42. The molecule has 1 saturated heterocycles. The molecule has 1 fully saturated rings. The number of aromatic nitrogens is 1. The van der Waals surface area contributed by atoms with E-state index in [-0.39, 0.29) is 28.0 Å². The van der Waals surface area contributed by atoms with Crippen molar-refractivity contribution in [2.75, 3.05) is 58.8 Å². The van der Waals surface area contributed by atoms with E-state index >= 15 is 4.55 Å². The van der Waals surface area contributed by atoms with Gasteiger partial charge in [0, 0.05) is 70.7 Å². The van der Waals surface area contributed by atoms with Crippen molar-refractivity contribution < 1.29 is 77.6 Å². The lowest BCUT2D eigenvalue weighted by molar-refractivity contribution is -0.134. The van der Waals surface area contributed by atoms with Crippen molar-refractivity contribution in [3.05, 3.63) is 23.3 Å². The van der Waals surface area contributed by atoms with Gasteiger partial charge in [0.15, 0.2) is 6.04 Å². The lowest BCUT2D eigenvalue weighted by Crippen LogP contribution is -2.58. The summed E-state index contributed by atoms with van der Waals surface area (Å²) < 4.78 is 26.5. The van der Waals surface area contributed by atoms with Crippen molar-refractivity contribution in [1.29, 1.82) is 0 Å². The van der Waals surface area contributed by atoms with Crippen LogP contribution in [0.1, 0.15) is 78.4 Å². The lowest BCUT2D eigenvalue weighted by Gasteiger charge is -2.29. The van der Waals surface area contributed by atoms with Gasteiger partial charge in [-0.1, -0.05) is 27.2 Å². The van der Waals surface area contributed by atoms with Crippen LogP contribution in [0.5, 0.6) is 5.75 Å². The second-order valence-corrected chi connectivity index (χ2v) is 23.0. The second-order valence-electron chi connectivity index (χ2n) is 20.3. The highest BCUT2D eigenvalue weighted by atomic mass is 32.2. The summed E-state index contributed by atoms with van der Waals surface area (Å²) in [6.45, 7) is 7.54. The topological polar surface area (TPSA) is 431 Å². The molecule has 4 rings (SSSR count). The van der Waals surface area contributed by atoms with Crippen LogP contribution in [0.15, 0.2) is 17.2 Å². The zero-order chi connectivity index (χ0) is 58.2. The lowest BCUT2D eigenvalue weighted by atomic mass is 9.94. The van der Waals surface area contributed by atoms with Gasteiger partial charge in [-0.05, 0) is 45.2 Å². The number of hydrogen-bond acceptors (Lipinski definition) is 18. The van der Waals surface area contributed by atoms with Gasteiger partial charge in [-0.15, -0.1) is 0 Å². The number of aliphatic hydroxyl groups excluding tert-OH is 4. The number of fused-ring (bicyclic) bond motifs is 3. The molecule has 11 atom stereocenters. The third-order valence-electron chi connectivity index (χ3n) is 13.1. The van der Waals surface area contributed by atoms with E-state index in [0.29, 0.717) is 48.1 Å². The smallest absolute Gasteiger partial charge is 0.410 e. The van der Waals surface area contributed by atoms with Crippen LogP contribution in [0, 0.1) is 11.8 Å². The number of methoxy groups -OCH3 is 1. The van der Waals surface area contributed by atoms with Crippen LogP contribution < -0.4 is 53.4 Å². The van der Waals surface area contributed by atoms with Gasteiger partial charge in [0.25, 0.3) is 0 Å². The minimum atomic E-state index is -2.39. The number of primary amides is 1. The number of carbonyl (C=O) groups excluding carboxylic acids is 9. The summed E-state index contributed by atoms with van der Waals surface area (Å²) >= 11 is -0.881. The number of nitrogens with zero attached hydrogens (tertiary/aromatic N) is 1. The molecule has 2 aliphatic rings. The third-order valence-corrected chi connectivity index (χ3v) is 15.9. The first-order valence-corrected chi connectivity index (χ1v) is 27.9. The average Bonchev–Trinajstić information content (AvgIpc) is 4.02. The van der Waals surface area contributed by atoms with Crippen LogP contribution in [0.25, 0.3) is 10.9 Å². The van der Waals surface area contributed by atoms with E-state index in [1.807, 2.05) is 0 Å². The number of amides is 9. The van der Waals surface area contributed by atoms with Crippen molar-refractivity contribution in [3.63, 3.8) is 0 Å². The number of aliphatic hydroxyl groups is 4. The molecule has 1 aromatic carbocycles. The maximum atomic E-state index is 15.1. The molecule has 16 N–H and O–H groups in total. The van der Waals surface area contributed by atoms with Gasteiger partial charge in [-0.25, -0.2) is 4.79 Å². The Morgan fingerprint density at radius 2 is 1.72 bits per heavy atom. The summed E-state index contributed by atoms with van der Waals surface area (Å²) in [4.78, 5) is 125. The zero-order valence-corrected chi connectivity index (χ0v) is 46.6. The predicted molar refractivity (Wildman–Crippen MR) is 285 cm³/mol. The van der Waals surface area contributed by atoms with E-state index in [0.717, 1.165) is 0 Å². The number of nitrogens with one attached hydrogen (secondary N) is 8. The molecule has 27 nitrogen and oxygen atoms in total. The fraction of sp³-hybridized carbons (Fsp3) is 0.653. The van der Waals surface area contributed by atoms with Gasteiger partial charge in [0.05, 0.1) is 70.0 Å². The number of ether oxygens (including phenoxy) is 2. The average molecular weight is 1140 g/mol. The van der Waals surface area contributed by atoms with Gasteiger partial charge in [-0.2, -0.15) is 11.8 Å². The second kappa shape index (κ2) is 29.9. The molecule has 436 valence electrons. The van der Waals surface area contributed by atoms with Gasteiger partial charge in [0.1, 0.15) is 35.2 Å². The van der Waals surface area contributed by atoms with Crippen LogP contribution in [-0.2, 0) is 66.4 Å². The van der Waals surface area contributed by atoms with E-state index in [1.54, 1.807) is 51.7 Å². The highest BCUT2D eigenvalue weighted by Crippen LogP contribution is 2.38. The fourth-order valence-electron chi connectivity index (χ4n) is 8.56. The van der Waals surface area contributed by atoms with E-state index in [4.69, 9.17) is 20.9 Å². The number of nitrogens with two attached hydrogens (primary N) is 2. The van der Waals surface area contributed by atoms with Crippen LogP contribution in [0.3, 0.4) is 0 Å². The van der Waals surface area contributed by atoms with Gasteiger partial charge in [0.2, 0.25) is 52.3 Å². The molecule has 0 bridgehead atoms. The maximum absolute atomic E-state index is 15.1. The quantitative estimate of drug-likeness (QED) is 0.0640. The minimum absolute atomic E-state index is 0.0543. The first-order valence-electron chi connectivity index (χ1n) is 25.5. The Kier molecular flexibility index (Phi) is 24.7. The van der Waals surface area contributed by atoms with Crippen molar-refractivity contribution in [1.82, 2.24) is 47.1 Å². The molecule has 2 aromatic rings. The Hall–Kier alpha value is -5.95. The molecule has 2 aliphatic heterocycles. The summed E-state index contributed by atoms with van der Waals surface area (Å²) in [5, 5.41) is 59.6. The van der Waals surface area contributed by atoms with Gasteiger partial charge in [-0.3, -0.25) is 38.4 Å². The van der Waals surface area contributed by atoms with E-state index in [2.05, 4.69) is 42.2 Å². The van der Waals surface area contributed by atoms with Crippen LogP contribution in [-0.4, -0.2) is 200 Å². The molecule has 1 aromatic heterocycles. The highest BCUT2D eigenvalue weighted by molar-refractivity contribution is 7.99. The zero-order valence-electron chi connectivity index (χ0n) is 44.9. The summed E-state index contributed by atoms with van der Waals surface area (Å²) in [5.74, 6) is -9.27. The third kappa shape index (κ3) is 18.6. The normalized spacial score (nSPS) is 23.7. The molecule has 9 amide bonds. The van der Waals surface area contributed by atoms with Crippen molar-refractivity contribution in [3.8, 4) is 5.75 Å². The number of β-amino-alcohol motifs (C(OH)–C–C–N with tert-alkyl or cyclic N) is 1. The monoisotopic (exact) mass is 1140 g/mol. The number of carbonyl (C=O) groups is 9. The Bertz CT molecular complexity index is 2460. The number of aromatic amines is 1. The van der Waals surface area contributed by atoms with E-state index < -0.39 is 176 Å². The number of rotatable bonds is 18. The van der Waals surface area contributed by atoms with Crippen LogP contribution in [0.4, 0.5) is 4.79 Å². The fourth-order valence-corrected chi connectivity index (χ4v) is 11.2. The Morgan fingerprint density at radius 3 is 2.33 bits per heavy atom. The molecule has 0 aliphatic carbocycles. The van der Waals surface area contributed by atoms with Crippen molar-refractivity contribution >= 4 is 87.2 Å². The summed E-state index contributed by atoms with van der Waals surface area (Å²) in [6, 6.07) is -4.22. The van der Waals surface area contributed by atoms with Gasteiger partial charge < -0.3 is 93.0 Å². The molecule has 0 saturated carbocycles. The first kappa shape index (κ1) is 64.6. The largest absolute Gasteiger partial charge is 0.610 e. The Balaban J connectivity index is 1.87. The van der Waals surface area contributed by atoms with Crippen molar-refractivity contribution in [2.24, 2.45) is 23.3 Å². The molecular weight excluding hydrogens is 1060 g/mol. The summed E-state index contributed by atoms with van der Waals surface area (Å²) in [7, 11) is 1.45. The first-order chi connectivity index (χ1) is 36.7. The molecule has 29 heteroatoms. The molecular formula is C49H77N11O16S2. The molecule has 2 unspecified atom stereocenters. The van der Waals surface area contributed by atoms with E-state index in [9.17, 15) is 63.6 Å². The highest BCUT2D eigenvalue weighted by Gasteiger charge is 2.38. The van der Waals surface area contributed by atoms with Crippen molar-refractivity contribution in [2.45, 2.75) is 138 Å². The minimum Gasteiger partial charge on any atom is -0.610 e. The summed E-state index contributed by atoms with van der Waals surface area (Å²) in [5.41, 5.74) is 11.4. The standard InChI is InChI=1S/C49H77N11O16S2/c1-8-24(2)40(58-38(67)16-50)45(71)53-18-39(68)55-33-23-78(74)47-30(29-9-10-35(75-7)31(42(29)59-47)22-77-28-11-12-60(19-28)48(73)76-49(4,5)6)13-26(20-61)54-46(72)41(25(3)34(64)21-62)57-37(66)14-27(63)17-52-43(69)32(15-36(51)65)56-44(33)70/h9-10,24-28,32-34,40-41,59,61-64H,8,11-23,50H2,1-7H3,(H2,51,65)(H,52,69)(H,53,71)(H,54,72)(H,55,68)(H,56,70)(H,57,66)(H,58,67)/t24-,25-,26-,27+,28?,32-,33-,34-,40-,41-,78?/m0/s1. The Labute approximate surface area is 459 Å². The maximum Gasteiger partial charge on any atom is 0.410 e. The molecule has 3 heterocycles. The number of H-pyrrole nitrogens is 1. The number of benzene rings is 1. The van der Waals surface area contributed by atoms with Gasteiger partial charge >= 0.3 is 6.09 Å². The van der Waals surface area contributed by atoms with E-state index in [1.165, 1.54) is 25.8 Å². The van der Waals surface area contributed by atoms with Crippen LogP contribution >= 0.6 is 11.8 Å². The van der Waals surface area contributed by atoms with Crippen LogP contribution in [0.2, 0.25) is 0 Å². The molecule has 0 radical (unpaired) electrons.